The molecule has 1 fully saturated rings. The molecule has 2 heterocycles. The van der Waals surface area contributed by atoms with Crippen LogP contribution in [0.3, 0.4) is 0 Å². The summed E-state index contributed by atoms with van der Waals surface area (Å²) in [5, 5.41) is 10.7. The van der Waals surface area contributed by atoms with E-state index in [1.165, 1.54) is 11.3 Å². The average Bonchev–Trinajstić information content (AvgIpc) is 3.02. The first-order valence-corrected chi connectivity index (χ1v) is 8.85. The molecule has 0 spiro atoms. The van der Waals surface area contributed by atoms with Crippen LogP contribution in [0.25, 0.3) is 0 Å². The SMILES string of the molecule is Cn1cc(C(=O)NC2CCN(c3ccc(C(C)(C)C)cc3)CC2)nn1. The summed E-state index contributed by atoms with van der Waals surface area (Å²) >= 11 is 0. The first-order valence-electron chi connectivity index (χ1n) is 8.85. The summed E-state index contributed by atoms with van der Waals surface area (Å²) < 4.78 is 1.54. The van der Waals surface area contributed by atoms with Crippen LogP contribution in [0.5, 0.6) is 0 Å². The third-order valence-electron chi connectivity index (χ3n) is 4.76. The highest BCUT2D eigenvalue weighted by atomic mass is 16.2. The first-order chi connectivity index (χ1) is 11.8. The van der Waals surface area contributed by atoms with Gasteiger partial charge in [-0.15, -0.1) is 5.10 Å². The van der Waals surface area contributed by atoms with E-state index in [1.807, 2.05) is 0 Å². The van der Waals surface area contributed by atoms with E-state index in [4.69, 9.17) is 0 Å². The number of nitrogens with zero attached hydrogens (tertiary/aromatic N) is 4. The van der Waals surface area contributed by atoms with Crippen LogP contribution in [0.2, 0.25) is 0 Å². The minimum absolute atomic E-state index is 0.138. The van der Waals surface area contributed by atoms with Crippen LogP contribution < -0.4 is 10.2 Å². The van der Waals surface area contributed by atoms with E-state index in [1.54, 1.807) is 17.9 Å². The predicted octanol–water partition coefficient (Wildman–Crippen LogP) is 2.51. The maximum atomic E-state index is 12.2. The van der Waals surface area contributed by atoms with Gasteiger partial charge in [0.15, 0.2) is 5.69 Å². The van der Waals surface area contributed by atoms with Crippen molar-refractivity contribution in [2.24, 2.45) is 7.05 Å². The van der Waals surface area contributed by atoms with Gasteiger partial charge in [0.05, 0.1) is 6.20 Å². The number of benzene rings is 1. The zero-order chi connectivity index (χ0) is 18.0. The molecule has 1 amide bonds. The molecule has 134 valence electrons. The zero-order valence-electron chi connectivity index (χ0n) is 15.5. The average molecular weight is 341 g/mol. The van der Waals surface area contributed by atoms with Crippen LogP contribution >= 0.6 is 0 Å². The number of hydrogen-bond donors (Lipinski definition) is 1. The molecule has 25 heavy (non-hydrogen) atoms. The smallest absolute Gasteiger partial charge is 0.273 e. The number of nitrogens with one attached hydrogen (secondary N) is 1. The second-order valence-corrected chi connectivity index (χ2v) is 7.81. The Kier molecular flexibility index (Phi) is 4.79. The number of anilines is 1. The minimum atomic E-state index is -0.138. The van der Waals surface area contributed by atoms with Crippen molar-refractivity contribution in [3.05, 3.63) is 41.7 Å². The van der Waals surface area contributed by atoms with Gasteiger partial charge >= 0.3 is 0 Å². The van der Waals surface area contributed by atoms with Crippen molar-refractivity contribution in [3.63, 3.8) is 0 Å². The molecule has 1 saturated heterocycles. The molecule has 0 unspecified atom stereocenters. The van der Waals surface area contributed by atoms with Crippen molar-refractivity contribution in [3.8, 4) is 0 Å². The van der Waals surface area contributed by atoms with Gasteiger partial charge in [-0.2, -0.15) is 0 Å². The Morgan fingerprint density at radius 2 is 1.80 bits per heavy atom. The molecule has 1 aliphatic rings. The topological polar surface area (TPSA) is 63.1 Å². The third kappa shape index (κ3) is 4.18. The van der Waals surface area contributed by atoms with E-state index in [9.17, 15) is 4.79 Å². The minimum Gasteiger partial charge on any atom is -0.371 e. The number of aryl methyl sites for hydroxylation is 1. The molecule has 1 aromatic carbocycles. The quantitative estimate of drug-likeness (QED) is 0.932. The molecule has 0 radical (unpaired) electrons. The third-order valence-corrected chi connectivity index (χ3v) is 4.76. The molecule has 0 saturated carbocycles. The van der Waals surface area contributed by atoms with Gasteiger partial charge in [-0.1, -0.05) is 38.1 Å². The van der Waals surface area contributed by atoms with Gasteiger partial charge in [-0.05, 0) is 36.0 Å². The maximum absolute atomic E-state index is 12.2. The fourth-order valence-corrected chi connectivity index (χ4v) is 3.16. The highest BCUT2D eigenvalue weighted by Gasteiger charge is 2.23. The second-order valence-electron chi connectivity index (χ2n) is 7.81. The molecule has 0 aliphatic carbocycles. The van der Waals surface area contributed by atoms with Gasteiger partial charge in [0, 0.05) is 31.9 Å². The molecule has 3 rings (SSSR count). The summed E-state index contributed by atoms with van der Waals surface area (Å²) in [6, 6.07) is 9.05. The predicted molar refractivity (Wildman–Crippen MR) is 98.8 cm³/mol. The molecule has 1 N–H and O–H groups in total. The summed E-state index contributed by atoms with van der Waals surface area (Å²) in [4.78, 5) is 14.6. The van der Waals surface area contributed by atoms with Crippen molar-refractivity contribution in [1.29, 1.82) is 0 Å². The van der Waals surface area contributed by atoms with Gasteiger partial charge in [-0.3, -0.25) is 9.48 Å². The summed E-state index contributed by atoms with van der Waals surface area (Å²) in [6.45, 7) is 8.58. The fourth-order valence-electron chi connectivity index (χ4n) is 3.16. The lowest BCUT2D eigenvalue weighted by Gasteiger charge is -2.34. The number of carbonyl (C=O) groups is 1. The largest absolute Gasteiger partial charge is 0.371 e. The van der Waals surface area contributed by atoms with Crippen LogP contribution in [-0.2, 0) is 12.5 Å². The van der Waals surface area contributed by atoms with Gasteiger partial charge in [-0.25, -0.2) is 0 Å². The fraction of sp³-hybridized carbons (Fsp3) is 0.526. The second kappa shape index (κ2) is 6.86. The molecule has 6 heteroatoms. The Bertz CT molecular complexity index is 721. The summed E-state index contributed by atoms with van der Waals surface area (Å²) in [5.41, 5.74) is 3.16. The van der Waals surface area contributed by atoms with Crippen LogP contribution in [0, 0.1) is 0 Å². The van der Waals surface area contributed by atoms with E-state index < -0.39 is 0 Å². The Morgan fingerprint density at radius 1 is 1.16 bits per heavy atom. The molecular weight excluding hydrogens is 314 g/mol. The van der Waals surface area contributed by atoms with Crippen molar-refractivity contribution < 1.29 is 4.79 Å². The Labute approximate surface area is 149 Å². The van der Waals surface area contributed by atoms with E-state index in [-0.39, 0.29) is 17.4 Å². The van der Waals surface area contributed by atoms with E-state index in [0.717, 1.165) is 25.9 Å². The highest BCUT2D eigenvalue weighted by molar-refractivity contribution is 5.92. The van der Waals surface area contributed by atoms with Gasteiger partial charge in [0.1, 0.15) is 0 Å². The van der Waals surface area contributed by atoms with Crippen molar-refractivity contribution in [2.75, 3.05) is 18.0 Å². The summed E-state index contributed by atoms with van der Waals surface area (Å²) in [7, 11) is 1.76. The zero-order valence-corrected chi connectivity index (χ0v) is 15.5. The van der Waals surface area contributed by atoms with Crippen LogP contribution in [0.4, 0.5) is 5.69 Å². The number of rotatable bonds is 3. The van der Waals surface area contributed by atoms with E-state index in [2.05, 4.69) is 65.6 Å². The van der Waals surface area contributed by atoms with Gasteiger partial charge in [0.25, 0.3) is 5.91 Å². The molecule has 0 atom stereocenters. The molecule has 1 aromatic heterocycles. The van der Waals surface area contributed by atoms with Crippen molar-refractivity contribution in [1.82, 2.24) is 20.3 Å². The Hall–Kier alpha value is -2.37. The molecular formula is C19H27N5O. The maximum Gasteiger partial charge on any atom is 0.273 e. The lowest BCUT2D eigenvalue weighted by molar-refractivity contribution is 0.0926. The number of carbonyl (C=O) groups excluding carboxylic acids is 1. The number of hydrogen-bond acceptors (Lipinski definition) is 4. The first kappa shape index (κ1) is 17.5. The normalized spacial score (nSPS) is 16.1. The molecule has 6 nitrogen and oxygen atoms in total. The monoisotopic (exact) mass is 341 g/mol. The lowest BCUT2D eigenvalue weighted by atomic mass is 9.87. The molecule has 1 aliphatic heterocycles. The number of aromatic nitrogens is 3. The van der Waals surface area contributed by atoms with Crippen LogP contribution in [0.15, 0.2) is 30.5 Å². The Balaban J connectivity index is 1.54. The van der Waals surface area contributed by atoms with Crippen LogP contribution in [0.1, 0.15) is 49.7 Å². The lowest BCUT2D eigenvalue weighted by Crippen LogP contribution is -2.44. The standard InChI is InChI=1S/C19H27N5O/c1-19(2,3)14-5-7-16(8-6-14)24-11-9-15(10-12-24)20-18(25)17-13-23(4)22-21-17/h5-8,13,15H,9-12H2,1-4H3,(H,20,25). The molecule has 0 bridgehead atoms. The van der Waals surface area contributed by atoms with E-state index in [0.29, 0.717) is 5.69 Å². The highest BCUT2D eigenvalue weighted by Crippen LogP contribution is 2.26. The number of amides is 1. The van der Waals surface area contributed by atoms with Crippen LogP contribution in [-0.4, -0.2) is 40.0 Å². The van der Waals surface area contributed by atoms with Crippen molar-refractivity contribution in [2.45, 2.75) is 45.1 Å². The number of piperidine rings is 1. The van der Waals surface area contributed by atoms with Gasteiger partial charge < -0.3 is 10.2 Å². The Morgan fingerprint density at radius 3 is 2.32 bits per heavy atom. The molecule has 2 aromatic rings. The summed E-state index contributed by atoms with van der Waals surface area (Å²) in [6.07, 6.45) is 3.52. The van der Waals surface area contributed by atoms with E-state index >= 15 is 0 Å². The van der Waals surface area contributed by atoms with Gasteiger partial charge in [0.2, 0.25) is 0 Å². The summed E-state index contributed by atoms with van der Waals surface area (Å²) in [5.74, 6) is -0.138. The van der Waals surface area contributed by atoms with Crippen molar-refractivity contribution >= 4 is 11.6 Å².